The molecule has 0 amide bonds. The van der Waals surface area contributed by atoms with Gasteiger partial charge >= 0.3 is 0 Å². The lowest BCUT2D eigenvalue weighted by Crippen LogP contribution is -2.00. The fraction of sp³-hybridized carbons (Fsp3) is 0.125. The zero-order valence-corrected chi connectivity index (χ0v) is 6.73. The molecule has 0 aliphatic carbocycles. The Labute approximate surface area is 74.6 Å². The number of rotatable bonds is 2. The zero-order chi connectivity index (χ0) is 9.10. The van der Waals surface area contributed by atoms with Gasteiger partial charge in [-0.1, -0.05) is 0 Å². The minimum Gasteiger partial charge on any atom is -0.454 e. The fourth-order valence-electron chi connectivity index (χ4n) is 1.07. The summed E-state index contributed by atoms with van der Waals surface area (Å²) < 4.78 is 10.3. The highest BCUT2D eigenvalue weighted by Crippen LogP contribution is 2.34. The number of hydroxylamine groups is 1. The summed E-state index contributed by atoms with van der Waals surface area (Å²) in [6.07, 6.45) is 1.18. The zero-order valence-electron chi connectivity index (χ0n) is 6.73. The van der Waals surface area contributed by atoms with Crippen LogP contribution in [0.25, 0.3) is 0 Å². The van der Waals surface area contributed by atoms with Crippen LogP contribution in [0.15, 0.2) is 23.2 Å². The molecule has 2 rings (SSSR count). The molecule has 1 aliphatic rings. The van der Waals surface area contributed by atoms with Gasteiger partial charge < -0.3 is 9.47 Å². The standard InChI is InChI=1S/C8H8N2O3/c11-10-4-9-6-1-2-7-8(3-6)13-5-12-7/h1-4,11H,5H2,(H,9,10). The molecule has 5 nitrogen and oxygen atoms in total. The third-order valence-electron chi connectivity index (χ3n) is 1.63. The summed E-state index contributed by atoms with van der Waals surface area (Å²) in [5.74, 6) is 1.39. The Morgan fingerprint density at radius 1 is 1.38 bits per heavy atom. The van der Waals surface area contributed by atoms with Crippen molar-refractivity contribution in [2.45, 2.75) is 0 Å². The van der Waals surface area contributed by atoms with Crippen LogP contribution < -0.4 is 15.0 Å². The first-order chi connectivity index (χ1) is 6.40. The number of aliphatic imine (C=N–C) groups is 1. The van der Waals surface area contributed by atoms with E-state index in [1.54, 1.807) is 18.2 Å². The molecule has 1 aliphatic heterocycles. The summed E-state index contributed by atoms with van der Waals surface area (Å²) in [6.45, 7) is 0.251. The molecule has 1 heterocycles. The van der Waals surface area contributed by atoms with Gasteiger partial charge in [0.1, 0.15) is 6.34 Å². The van der Waals surface area contributed by atoms with Crippen LogP contribution in [0.1, 0.15) is 0 Å². The second-order valence-electron chi connectivity index (χ2n) is 2.42. The van der Waals surface area contributed by atoms with Crippen LogP contribution in [-0.4, -0.2) is 18.3 Å². The number of benzene rings is 1. The van der Waals surface area contributed by atoms with Crippen molar-refractivity contribution in [1.82, 2.24) is 5.48 Å². The van der Waals surface area contributed by atoms with Crippen molar-refractivity contribution in [3.05, 3.63) is 18.2 Å². The quantitative estimate of drug-likeness (QED) is 0.405. The van der Waals surface area contributed by atoms with Gasteiger partial charge in [-0.3, -0.25) is 10.7 Å². The molecule has 68 valence electrons. The third-order valence-corrected chi connectivity index (χ3v) is 1.63. The summed E-state index contributed by atoms with van der Waals surface area (Å²) in [5, 5.41) is 8.27. The monoisotopic (exact) mass is 180 g/mol. The third kappa shape index (κ3) is 1.54. The Hall–Kier alpha value is -1.75. The van der Waals surface area contributed by atoms with Gasteiger partial charge in [-0.05, 0) is 12.1 Å². The van der Waals surface area contributed by atoms with Crippen molar-refractivity contribution in [2.75, 3.05) is 6.79 Å². The van der Waals surface area contributed by atoms with E-state index in [0.717, 1.165) is 5.75 Å². The Balaban J connectivity index is 2.25. The summed E-state index contributed by atoms with van der Waals surface area (Å²) in [7, 11) is 0. The SMILES string of the molecule is ONC=Nc1ccc2c(c1)OCO2. The van der Waals surface area contributed by atoms with E-state index in [2.05, 4.69) is 4.99 Å². The molecule has 0 atom stereocenters. The predicted molar refractivity (Wildman–Crippen MR) is 45.6 cm³/mol. The largest absolute Gasteiger partial charge is 0.454 e. The van der Waals surface area contributed by atoms with Crippen LogP contribution in [-0.2, 0) is 0 Å². The van der Waals surface area contributed by atoms with Gasteiger partial charge in [0.2, 0.25) is 6.79 Å². The lowest BCUT2D eigenvalue weighted by Gasteiger charge is -1.96. The average Bonchev–Trinajstić information content (AvgIpc) is 2.61. The van der Waals surface area contributed by atoms with Gasteiger partial charge in [0.25, 0.3) is 0 Å². The second kappa shape index (κ2) is 3.32. The van der Waals surface area contributed by atoms with Crippen LogP contribution in [0.2, 0.25) is 0 Å². The maximum Gasteiger partial charge on any atom is 0.231 e. The van der Waals surface area contributed by atoms with Gasteiger partial charge in [-0.25, -0.2) is 4.99 Å². The highest BCUT2D eigenvalue weighted by molar-refractivity contribution is 5.62. The van der Waals surface area contributed by atoms with Gasteiger partial charge in [-0.15, -0.1) is 0 Å². The topological polar surface area (TPSA) is 63.1 Å². The van der Waals surface area contributed by atoms with E-state index in [0.29, 0.717) is 11.4 Å². The molecule has 0 unspecified atom stereocenters. The molecule has 0 bridgehead atoms. The predicted octanol–water partition coefficient (Wildman–Crippen LogP) is 1.05. The van der Waals surface area contributed by atoms with E-state index >= 15 is 0 Å². The van der Waals surface area contributed by atoms with E-state index in [1.165, 1.54) is 6.34 Å². The number of ether oxygens (including phenoxy) is 2. The van der Waals surface area contributed by atoms with E-state index in [-0.39, 0.29) is 6.79 Å². The highest BCUT2D eigenvalue weighted by Gasteiger charge is 2.12. The normalized spacial score (nSPS) is 13.6. The highest BCUT2D eigenvalue weighted by atomic mass is 16.7. The summed E-state index contributed by atoms with van der Waals surface area (Å²) in [6, 6.07) is 5.27. The van der Waals surface area contributed by atoms with Crippen molar-refractivity contribution in [3.63, 3.8) is 0 Å². The average molecular weight is 180 g/mol. The van der Waals surface area contributed by atoms with Crippen molar-refractivity contribution >= 4 is 12.0 Å². The summed E-state index contributed by atoms with van der Waals surface area (Å²) >= 11 is 0. The summed E-state index contributed by atoms with van der Waals surface area (Å²) in [4.78, 5) is 3.88. The molecule has 0 saturated carbocycles. The first kappa shape index (κ1) is 7.88. The van der Waals surface area contributed by atoms with Gasteiger partial charge in [-0.2, -0.15) is 0 Å². The Kier molecular flexibility index (Phi) is 2.01. The van der Waals surface area contributed by atoms with Crippen molar-refractivity contribution in [3.8, 4) is 11.5 Å². The van der Waals surface area contributed by atoms with E-state index in [9.17, 15) is 0 Å². The lowest BCUT2D eigenvalue weighted by atomic mass is 10.3. The van der Waals surface area contributed by atoms with Crippen molar-refractivity contribution in [1.29, 1.82) is 0 Å². The number of nitrogens with zero attached hydrogens (tertiary/aromatic N) is 1. The summed E-state index contributed by atoms with van der Waals surface area (Å²) in [5.41, 5.74) is 2.51. The molecule has 0 saturated heterocycles. The fourth-order valence-corrected chi connectivity index (χ4v) is 1.07. The van der Waals surface area contributed by atoms with Crippen molar-refractivity contribution < 1.29 is 14.7 Å². The molecule has 0 radical (unpaired) electrons. The van der Waals surface area contributed by atoms with E-state index in [1.807, 2.05) is 5.48 Å². The van der Waals surface area contributed by atoms with Crippen LogP contribution in [0.3, 0.4) is 0 Å². The van der Waals surface area contributed by atoms with Crippen molar-refractivity contribution in [2.24, 2.45) is 4.99 Å². The van der Waals surface area contributed by atoms with Crippen LogP contribution in [0.4, 0.5) is 5.69 Å². The Morgan fingerprint density at radius 3 is 3.08 bits per heavy atom. The minimum absolute atomic E-state index is 0.251. The number of hydrogen-bond donors (Lipinski definition) is 2. The molecule has 0 aromatic heterocycles. The molecular formula is C8H8N2O3. The molecular weight excluding hydrogens is 172 g/mol. The molecule has 0 fully saturated rings. The first-order valence-corrected chi connectivity index (χ1v) is 3.72. The van der Waals surface area contributed by atoms with Crippen LogP contribution >= 0.6 is 0 Å². The Bertz CT molecular complexity index is 338. The number of hydrogen-bond acceptors (Lipinski definition) is 4. The molecule has 0 spiro atoms. The molecule has 1 aromatic rings. The van der Waals surface area contributed by atoms with E-state index < -0.39 is 0 Å². The van der Waals surface area contributed by atoms with Crippen LogP contribution in [0.5, 0.6) is 11.5 Å². The lowest BCUT2D eigenvalue weighted by molar-refractivity contribution is 0.174. The minimum atomic E-state index is 0.251. The molecule has 2 N–H and O–H groups in total. The smallest absolute Gasteiger partial charge is 0.231 e. The van der Waals surface area contributed by atoms with E-state index in [4.69, 9.17) is 14.7 Å². The maximum atomic E-state index is 8.27. The van der Waals surface area contributed by atoms with Gasteiger partial charge in [0.15, 0.2) is 11.5 Å². The second-order valence-corrected chi connectivity index (χ2v) is 2.42. The van der Waals surface area contributed by atoms with Gasteiger partial charge in [0, 0.05) is 6.07 Å². The van der Waals surface area contributed by atoms with Crippen LogP contribution in [0, 0.1) is 0 Å². The number of nitrogens with one attached hydrogen (secondary N) is 1. The molecule has 5 heteroatoms. The number of fused-ring (bicyclic) bond motifs is 1. The molecule has 13 heavy (non-hydrogen) atoms. The van der Waals surface area contributed by atoms with Gasteiger partial charge in [0.05, 0.1) is 5.69 Å². The molecule has 1 aromatic carbocycles. The maximum absolute atomic E-state index is 8.27. The Morgan fingerprint density at radius 2 is 2.23 bits per heavy atom. The first-order valence-electron chi connectivity index (χ1n) is 3.72.